The smallest absolute Gasteiger partial charge is 0.471 e. The Labute approximate surface area is 144 Å². The zero-order valence-electron chi connectivity index (χ0n) is 13.9. The second-order valence-corrected chi connectivity index (χ2v) is 6.33. The van der Waals surface area contributed by atoms with Gasteiger partial charge in [0.1, 0.15) is 11.9 Å². The van der Waals surface area contributed by atoms with Gasteiger partial charge in [-0.15, -0.1) is 0 Å². The maximum absolute atomic E-state index is 12.5. The number of hydrogen-bond donors (Lipinski definition) is 1. The van der Waals surface area contributed by atoms with E-state index in [2.05, 4.69) is 5.32 Å². The number of hydrogen-bond acceptors (Lipinski definition) is 4. The number of piperidine rings is 1. The normalized spacial score (nSPS) is 22.0. The Bertz CT molecular complexity index is 595. The van der Waals surface area contributed by atoms with Gasteiger partial charge in [-0.05, 0) is 31.5 Å². The number of benzene rings is 1. The number of carbonyl (C=O) groups is 1. The molecular weight excluding hydrogens is 335 g/mol. The van der Waals surface area contributed by atoms with Crippen molar-refractivity contribution in [1.82, 2.24) is 10.2 Å². The maximum atomic E-state index is 12.5. The van der Waals surface area contributed by atoms with Crippen molar-refractivity contribution in [2.24, 2.45) is 0 Å². The number of para-hydroxylation sites is 2. The van der Waals surface area contributed by atoms with Crippen LogP contribution in [-0.4, -0.2) is 62.4 Å². The van der Waals surface area contributed by atoms with Crippen molar-refractivity contribution in [3.63, 3.8) is 0 Å². The van der Waals surface area contributed by atoms with Gasteiger partial charge in [0.25, 0.3) is 0 Å². The van der Waals surface area contributed by atoms with Gasteiger partial charge in [0, 0.05) is 32.7 Å². The van der Waals surface area contributed by atoms with Crippen molar-refractivity contribution in [2.45, 2.75) is 25.1 Å². The number of ether oxygens (including phenoxy) is 1. The summed E-state index contributed by atoms with van der Waals surface area (Å²) in [6, 6.07) is 7.57. The first-order valence-electron chi connectivity index (χ1n) is 8.52. The Morgan fingerprint density at radius 2 is 1.88 bits per heavy atom. The third kappa shape index (κ3) is 4.36. The van der Waals surface area contributed by atoms with E-state index in [4.69, 9.17) is 4.74 Å². The molecule has 25 heavy (non-hydrogen) atoms. The molecule has 0 aromatic heterocycles. The molecule has 8 heteroatoms. The van der Waals surface area contributed by atoms with Gasteiger partial charge in [0.2, 0.25) is 0 Å². The van der Waals surface area contributed by atoms with Gasteiger partial charge < -0.3 is 19.9 Å². The summed E-state index contributed by atoms with van der Waals surface area (Å²) >= 11 is 0. The molecule has 1 aromatic rings. The van der Waals surface area contributed by atoms with Crippen LogP contribution in [0.3, 0.4) is 0 Å². The van der Waals surface area contributed by atoms with Crippen LogP contribution < -0.4 is 15.0 Å². The average Bonchev–Trinajstić information content (AvgIpc) is 2.62. The molecule has 1 aromatic carbocycles. The number of nitrogens with zero attached hydrogens (tertiary/aromatic N) is 2. The summed E-state index contributed by atoms with van der Waals surface area (Å²) in [5, 5.41) is 3.30. The Balaban J connectivity index is 1.64. The largest absolute Gasteiger partial charge is 0.487 e. The molecule has 1 unspecified atom stereocenters. The lowest BCUT2D eigenvalue weighted by Gasteiger charge is -2.37. The van der Waals surface area contributed by atoms with E-state index >= 15 is 0 Å². The summed E-state index contributed by atoms with van der Waals surface area (Å²) in [5.74, 6) is -1.02. The zero-order chi connectivity index (χ0) is 17.9. The third-order valence-corrected chi connectivity index (χ3v) is 4.56. The standard InChI is InChI=1S/C17H22F3N3O2/c18-17(19,20)16(24)23-10-8-22(9-11-23)14-5-1-2-6-15(14)25-13-4-3-7-21-12-13/h1-2,5-6,13,21H,3-4,7-12H2. The average molecular weight is 357 g/mol. The van der Waals surface area contributed by atoms with E-state index in [1.165, 1.54) is 0 Å². The van der Waals surface area contributed by atoms with E-state index in [1.54, 1.807) is 0 Å². The predicted molar refractivity (Wildman–Crippen MR) is 87.8 cm³/mol. The van der Waals surface area contributed by atoms with Crippen molar-refractivity contribution in [1.29, 1.82) is 0 Å². The molecule has 2 aliphatic heterocycles. The van der Waals surface area contributed by atoms with E-state index in [0.29, 0.717) is 13.1 Å². The van der Waals surface area contributed by atoms with Gasteiger partial charge in [-0.1, -0.05) is 12.1 Å². The first-order valence-corrected chi connectivity index (χ1v) is 8.52. The van der Waals surface area contributed by atoms with Crippen LogP contribution in [0.4, 0.5) is 18.9 Å². The first-order chi connectivity index (χ1) is 11.9. The van der Waals surface area contributed by atoms with Gasteiger partial charge in [-0.25, -0.2) is 0 Å². The number of amides is 1. The number of carbonyl (C=O) groups excluding carboxylic acids is 1. The molecule has 2 heterocycles. The van der Waals surface area contributed by atoms with E-state index in [-0.39, 0.29) is 19.2 Å². The number of alkyl halides is 3. The summed E-state index contributed by atoms with van der Waals surface area (Å²) in [4.78, 5) is 14.2. The molecule has 0 aliphatic carbocycles. The lowest BCUT2D eigenvalue weighted by molar-refractivity contribution is -0.185. The van der Waals surface area contributed by atoms with Crippen LogP contribution in [0.25, 0.3) is 0 Å². The Hall–Kier alpha value is -1.96. The molecule has 1 atom stereocenters. The van der Waals surface area contributed by atoms with Crippen LogP contribution >= 0.6 is 0 Å². The monoisotopic (exact) mass is 357 g/mol. The molecule has 0 spiro atoms. The summed E-state index contributed by atoms with van der Waals surface area (Å²) in [6.07, 6.45) is -2.67. The second-order valence-electron chi connectivity index (χ2n) is 6.33. The molecule has 1 N–H and O–H groups in total. The van der Waals surface area contributed by atoms with Crippen LogP contribution in [0.1, 0.15) is 12.8 Å². The lowest BCUT2D eigenvalue weighted by Crippen LogP contribution is -2.52. The fourth-order valence-electron chi connectivity index (χ4n) is 3.25. The molecule has 0 radical (unpaired) electrons. The van der Waals surface area contributed by atoms with Crippen molar-refractivity contribution in [3.8, 4) is 5.75 Å². The molecule has 138 valence electrons. The second kappa shape index (κ2) is 7.51. The molecule has 2 aliphatic rings. The minimum absolute atomic E-state index is 0.0532. The molecule has 2 saturated heterocycles. The lowest BCUT2D eigenvalue weighted by atomic mass is 10.1. The molecule has 0 bridgehead atoms. The minimum atomic E-state index is -4.81. The van der Waals surface area contributed by atoms with Crippen LogP contribution in [0, 0.1) is 0 Å². The van der Waals surface area contributed by atoms with E-state index < -0.39 is 12.1 Å². The fraction of sp³-hybridized carbons (Fsp3) is 0.588. The van der Waals surface area contributed by atoms with Crippen LogP contribution in [-0.2, 0) is 4.79 Å². The van der Waals surface area contributed by atoms with E-state index in [0.717, 1.165) is 42.3 Å². The molecule has 1 amide bonds. The van der Waals surface area contributed by atoms with Crippen molar-refractivity contribution in [3.05, 3.63) is 24.3 Å². The third-order valence-electron chi connectivity index (χ3n) is 4.56. The molecule has 2 fully saturated rings. The van der Waals surface area contributed by atoms with Gasteiger partial charge in [0.05, 0.1) is 5.69 Å². The highest BCUT2D eigenvalue weighted by Gasteiger charge is 2.43. The van der Waals surface area contributed by atoms with E-state index in [1.807, 2.05) is 29.2 Å². The summed E-state index contributed by atoms with van der Waals surface area (Å²) in [7, 11) is 0. The zero-order valence-corrected chi connectivity index (χ0v) is 13.9. The van der Waals surface area contributed by atoms with Crippen molar-refractivity contribution >= 4 is 11.6 Å². The van der Waals surface area contributed by atoms with Crippen molar-refractivity contribution < 1.29 is 22.7 Å². The fourth-order valence-corrected chi connectivity index (χ4v) is 3.25. The minimum Gasteiger partial charge on any atom is -0.487 e. The summed E-state index contributed by atoms with van der Waals surface area (Å²) in [5.41, 5.74) is 0.868. The maximum Gasteiger partial charge on any atom is 0.471 e. The first kappa shape index (κ1) is 17.8. The molecule has 3 rings (SSSR count). The highest BCUT2D eigenvalue weighted by atomic mass is 19.4. The molecule has 0 saturated carbocycles. The Kier molecular flexibility index (Phi) is 5.36. The van der Waals surface area contributed by atoms with Gasteiger partial charge in [-0.3, -0.25) is 4.79 Å². The SMILES string of the molecule is O=C(N1CCN(c2ccccc2OC2CCCNC2)CC1)C(F)(F)F. The molecule has 5 nitrogen and oxygen atoms in total. The van der Waals surface area contributed by atoms with E-state index in [9.17, 15) is 18.0 Å². The van der Waals surface area contributed by atoms with Gasteiger partial charge in [-0.2, -0.15) is 13.2 Å². The quantitative estimate of drug-likeness (QED) is 0.899. The highest BCUT2D eigenvalue weighted by Crippen LogP contribution is 2.31. The number of anilines is 1. The number of nitrogens with one attached hydrogen (secondary N) is 1. The summed E-state index contributed by atoms with van der Waals surface area (Å²) < 4.78 is 43.7. The molecular formula is C17H22F3N3O2. The van der Waals surface area contributed by atoms with Gasteiger partial charge >= 0.3 is 12.1 Å². The Morgan fingerprint density at radius 3 is 2.52 bits per heavy atom. The Morgan fingerprint density at radius 1 is 1.16 bits per heavy atom. The van der Waals surface area contributed by atoms with Crippen LogP contribution in [0.15, 0.2) is 24.3 Å². The van der Waals surface area contributed by atoms with Gasteiger partial charge in [0.15, 0.2) is 0 Å². The highest BCUT2D eigenvalue weighted by molar-refractivity contribution is 5.82. The predicted octanol–water partition coefficient (Wildman–Crippen LogP) is 2.03. The number of piperazine rings is 1. The van der Waals surface area contributed by atoms with Crippen LogP contribution in [0.5, 0.6) is 5.75 Å². The van der Waals surface area contributed by atoms with Crippen LogP contribution in [0.2, 0.25) is 0 Å². The summed E-state index contributed by atoms with van der Waals surface area (Å²) in [6.45, 7) is 2.60. The number of rotatable bonds is 3. The topological polar surface area (TPSA) is 44.8 Å². The number of halogens is 3. The van der Waals surface area contributed by atoms with Crippen molar-refractivity contribution in [2.75, 3.05) is 44.2 Å².